The van der Waals surface area contributed by atoms with Gasteiger partial charge in [0.25, 0.3) is 5.69 Å². The number of nitrogens with zero attached hydrogens (tertiary/aromatic N) is 2. The minimum atomic E-state index is -0.455. The summed E-state index contributed by atoms with van der Waals surface area (Å²) in [6.07, 6.45) is 0. The summed E-state index contributed by atoms with van der Waals surface area (Å²) in [7, 11) is 3.12. The van der Waals surface area contributed by atoms with Crippen LogP contribution >= 0.6 is 0 Å². The molecule has 0 spiro atoms. The van der Waals surface area contributed by atoms with E-state index in [4.69, 9.17) is 9.47 Å². The lowest BCUT2D eigenvalue weighted by Crippen LogP contribution is -2.02. The molecule has 7 nitrogen and oxygen atoms in total. The van der Waals surface area contributed by atoms with Crippen molar-refractivity contribution in [1.29, 1.82) is 0 Å². The van der Waals surface area contributed by atoms with Crippen LogP contribution in [-0.2, 0) is 0 Å². The molecule has 0 fully saturated rings. The number of benzene rings is 2. The first-order chi connectivity index (χ1) is 11.1. The molecule has 23 heavy (non-hydrogen) atoms. The first-order valence-corrected chi connectivity index (χ1v) is 6.83. The Labute approximate surface area is 133 Å². The zero-order valence-corrected chi connectivity index (χ0v) is 13.1. The molecule has 2 aromatic rings. The molecule has 2 aromatic carbocycles. The quantitative estimate of drug-likeness (QED) is 0.501. The zero-order chi connectivity index (χ0) is 16.8. The monoisotopic (exact) mass is 315 g/mol. The van der Waals surface area contributed by atoms with E-state index in [0.29, 0.717) is 22.9 Å². The maximum Gasteiger partial charge on any atom is 0.294 e. The number of methoxy groups -OCH3 is 2. The van der Waals surface area contributed by atoms with Gasteiger partial charge in [0, 0.05) is 11.6 Å². The van der Waals surface area contributed by atoms with E-state index >= 15 is 0 Å². The predicted octanol–water partition coefficient (Wildman–Crippen LogP) is 3.45. The molecular weight excluding hydrogens is 298 g/mol. The molecule has 0 bridgehead atoms. The Bertz CT molecular complexity index is 744. The predicted molar refractivity (Wildman–Crippen MR) is 88.5 cm³/mol. The molecule has 0 heterocycles. The highest BCUT2D eigenvalue weighted by Gasteiger charge is 2.12. The molecule has 0 saturated heterocycles. The number of nitro benzene ring substituents is 1. The van der Waals surface area contributed by atoms with Crippen molar-refractivity contribution in [2.24, 2.45) is 5.10 Å². The summed E-state index contributed by atoms with van der Waals surface area (Å²) >= 11 is 0. The van der Waals surface area contributed by atoms with Gasteiger partial charge in [-0.3, -0.25) is 15.5 Å². The highest BCUT2D eigenvalue weighted by molar-refractivity contribution is 5.99. The van der Waals surface area contributed by atoms with Gasteiger partial charge < -0.3 is 9.47 Å². The smallest absolute Gasteiger partial charge is 0.294 e. The molecule has 120 valence electrons. The van der Waals surface area contributed by atoms with Gasteiger partial charge >= 0.3 is 0 Å². The normalized spacial score (nSPS) is 11.0. The first kappa shape index (κ1) is 16.3. The van der Waals surface area contributed by atoms with Gasteiger partial charge in [-0.1, -0.05) is 12.1 Å². The molecule has 0 aromatic heterocycles. The first-order valence-electron chi connectivity index (χ1n) is 6.83. The van der Waals surface area contributed by atoms with Crippen LogP contribution in [0.4, 0.5) is 11.4 Å². The van der Waals surface area contributed by atoms with Crippen molar-refractivity contribution in [3.05, 3.63) is 58.1 Å². The van der Waals surface area contributed by atoms with E-state index in [1.54, 1.807) is 51.5 Å². The average molecular weight is 315 g/mol. The van der Waals surface area contributed by atoms with Crippen LogP contribution in [0.25, 0.3) is 0 Å². The highest BCUT2D eigenvalue weighted by Crippen LogP contribution is 2.28. The third kappa shape index (κ3) is 3.76. The van der Waals surface area contributed by atoms with Gasteiger partial charge in [-0.2, -0.15) is 5.10 Å². The van der Waals surface area contributed by atoms with E-state index in [1.165, 1.54) is 6.07 Å². The van der Waals surface area contributed by atoms with Crippen molar-refractivity contribution in [2.45, 2.75) is 6.92 Å². The topological polar surface area (TPSA) is 86.0 Å². The molecule has 0 atom stereocenters. The number of anilines is 1. The molecule has 0 aliphatic rings. The molecule has 0 radical (unpaired) electrons. The average Bonchev–Trinajstić information content (AvgIpc) is 2.59. The van der Waals surface area contributed by atoms with Crippen LogP contribution in [0.5, 0.6) is 11.5 Å². The number of ether oxygens (including phenoxy) is 2. The number of para-hydroxylation sites is 2. The van der Waals surface area contributed by atoms with Gasteiger partial charge in [0.2, 0.25) is 0 Å². The lowest BCUT2D eigenvalue weighted by atomic mass is 10.1. The Kier molecular flexibility index (Phi) is 5.14. The van der Waals surface area contributed by atoms with E-state index in [1.807, 2.05) is 6.07 Å². The largest absolute Gasteiger partial charge is 0.493 e. The fraction of sp³-hybridized carbons (Fsp3) is 0.188. The summed E-state index contributed by atoms with van der Waals surface area (Å²) in [4.78, 5) is 10.5. The van der Waals surface area contributed by atoms with Gasteiger partial charge in [0.15, 0.2) is 11.5 Å². The molecular formula is C16H17N3O4. The van der Waals surface area contributed by atoms with Crippen LogP contribution in [0.2, 0.25) is 0 Å². The third-order valence-electron chi connectivity index (χ3n) is 3.25. The Hall–Kier alpha value is -3.09. The summed E-state index contributed by atoms with van der Waals surface area (Å²) in [6.45, 7) is 1.79. The van der Waals surface area contributed by atoms with Gasteiger partial charge in [-0.05, 0) is 31.2 Å². The second kappa shape index (κ2) is 7.26. The lowest BCUT2D eigenvalue weighted by molar-refractivity contribution is -0.384. The van der Waals surface area contributed by atoms with Gasteiger partial charge in [-0.15, -0.1) is 0 Å². The maximum atomic E-state index is 11.0. The fourth-order valence-electron chi connectivity index (χ4n) is 2.00. The summed E-state index contributed by atoms with van der Waals surface area (Å²) < 4.78 is 10.4. The number of nitrogens with one attached hydrogen (secondary N) is 1. The molecule has 0 amide bonds. The SMILES string of the molecule is COc1ccc(/C(C)=N\Nc2ccccc2[N+](=O)[O-])cc1OC. The Morgan fingerprint density at radius 1 is 1.13 bits per heavy atom. The van der Waals surface area contributed by atoms with Crippen LogP contribution in [0.3, 0.4) is 0 Å². The zero-order valence-electron chi connectivity index (χ0n) is 13.1. The summed E-state index contributed by atoms with van der Waals surface area (Å²) in [5, 5.41) is 15.2. The molecule has 1 N–H and O–H groups in total. The van der Waals surface area contributed by atoms with Crippen molar-refractivity contribution >= 4 is 17.1 Å². The Morgan fingerprint density at radius 2 is 1.83 bits per heavy atom. The number of rotatable bonds is 6. The number of hydrogen-bond donors (Lipinski definition) is 1. The van der Waals surface area contributed by atoms with Crippen molar-refractivity contribution in [2.75, 3.05) is 19.6 Å². The standard InChI is InChI=1S/C16H17N3O4/c1-11(12-8-9-15(22-2)16(10-12)23-3)17-18-13-6-4-5-7-14(13)19(20)21/h4-10,18H,1-3H3/b17-11-. The van der Waals surface area contributed by atoms with Crippen LogP contribution in [-0.4, -0.2) is 24.9 Å². The van der Waals surface area contributed by atoms with Crippen molar-refractivity contribution in [3.8, 4) is 11.5 Å². The minimum Gasteiger partial charge on any atom is -0.493 e. The number of nitro groups is 1. The molecule has 0 saturated carbocycles. The molecule has 0 unspecified atom stereocenters. The molecule has 2 rings (SSSR count). The fourth-order valence-corrected chi connectivity index (χ4v) is 2.00. The van der Waals surface area contributed by atoms with Crippen LogP contribution in [0, 0.1) is 10.1 Å². The number of hydrazone groups is 1. The molecule has 0 aliphatic heterocycles. The van der Waals surface area contributed by atoms with E-state index in [2.05, 4.69) is 10.5 Å². The number of hydrogen-bond acceptors (Lipinski definition) is 6. The van der Waals surface area contributed by atoms with Crippen LogP contribution < -0.4 is 14.9 Å². The summed E-state index contributed by atoms with van der Waals surface area (Å²) in [6, 6.07) is 11.7. The minimum absolute atomic E-state index is 0.0311. The van der Waals surface area contributed by atoms with Crippen LogP contribution in [0.15, 0.2) is 47.6 Å². The van der Waals surface area contributed by atoms with E-state index in [9.17, 15) is 10.1 Å². The Morgan fingerprint density at radius 3 is 2.48 bits per heavy atom. The Balaban J connectivity index is 2.26. The van der Waals surface area contributed by atoms with Crippen LogP contribution in [0.1, 0.15) is 12.5 Å². The molecule has 0 aliphatic carbocycles. The second-order valence-corrected chi connectivity index (χ2v) is 4.65. The third-order valence-corrected chi connectivity index (χ3v) is 3.25. The van der Waals surface area contributed by atoms with Gasteiger partial charge in [0.05, 0.1) is 24.9 Å². The van der Waals surface area contributed by atoms with Crippen molar-refractivity contribution in [1.82, 2.24) is 0 Å². The lowest BCUT2D eigenvalue weighted by Gasteiger charge is -2.09. The maximum absolute atomic E-state index is 11.0. The molecule has 7 heteroatoms. The summed E-state index contributed by atoms with van der Waals surface area (Å²) in [5.74, 6) is 1.21. The van der Waals surface area contributed by atoms with Crippen molar-refractivity contribution in [3.63, 3.8) is 0 Å². The highest BCUT2D eigenvalue weighted by atomic mass is 16.6. The van der Waals surface area contributed by atoms with E-state index in [0.717, 1.165) is 5.56 Å². The van der Waals surface area contributed by atoms with Crippen molar-refractivity contribution < 1.29 is 14.4 Å². The van der Waals surface area contributed by atoms with E-state index < -0.39 is 4.92 Å². The van der Waals surface area contributed by atoms with Gasteiger partial charge in [-0.25, -0.2) is 0 Å². The second-order valence-electron chi connectivity index (χ2n) is 4.65. The van der Waals surface area contributed by atoms with E-state index in [-0.39, 0.29) is 5.69 Å². The van der Waals surface area contributed by atoms with Gasteiger partial charge in [0.1, 0.15) is 5.69 Å². The summed E-state index contributed by atoms with van der Waals surface area (Å²) in [5.41, 5.74) is 4.50.